The number of hydrogen-bond acceptors (Lipinski definition) is 3. The van der Waals surface area contributed by atoms with Crippen molar-refractivity contribution >= 4 is 5.91 Å². The number of carbonyl (C=O) groups is 1. The van der Waals surface area contributed by atoms with E-state index in [0.717, 1.165) is 11.4 Å². The molecule has 1 aromatic rings. The maximum absolute atomic E-state index is 13.5. The van der Waals surface area contributed by atoms with E-state index < -0.39 is 28.9 Å². The maximum atomic E-state index is 13.5. The maximum Gasteiger partial charge on any atom is 0.259 e. The van der Waals surface area contributed by atoms with Crippen LogP contribution >= 0.6 is 0 Å². The SMILES string of the molecule is CN(CC1CNCCO1)C(=O)c1c(F)cc(F)cc1F. The molecule has 1 atom stereocenters. The first-order valence-corrected chi connectivity index (χ1v) is 6.21. The molecule has 4 nitrogen and oxygen atoms in total. The molecule has 1 heterocycles. The highest BCUT2D eigenvalue weighted by Crippen LogP contribution is 2.17. The van der Waals surface area contributed by atoms with E-state index in [9.17, 15) is 18.0 Å². The van der Waals surface area contributed by atoms with Crippen molar-refractivity contribution in [3.63, 3.8) is 0 Å². The van der Waals surface area contributed by atoms with Crippen LogP contribution in [0, 0.1) is 17.5 Å². The number of halogens is 3. The Labute approximate surface area is 114 Å². The molecule has 1 aromatic carbocycles. The van der Waals surface area contributed by atoms with Gasteiger partial charge in [-0.1, -0.05) is 0 Å². The summed E-state index contributed by atoms with van der Waals surface area (Å²) in [5, 5.41) is 3.09. The average molecular weight is 288 g/mol. The molecule has 1 aliphatic rings. The second-order valence-corrected chi connectivity index (χ2v) is 4.63. The van der Waals surface area contributed by atoms with Crippen LogP contribution in [0.25, 0.3) is 0 Å². The highest BCUT2D eigenvalue weighted by Gasteiger charge is 2.24. The van der Waals surface area contributed by atoms with Crippen LogP contribution in [-0.2, 0) is 4.74 Å². The summed E-state index contributed by atoms with van der Waals surface area (Å²) >= 11 is 0. The molecule has 0 aliphatic carbocycles. The molecule has 110 valence electrons. The third kappa shape index (κ3) is 3.29. The Kier molecular flexibility index (Phi) is 4.61. The highest BCUT2D eigenvalue weighted by atomic mass is 19.1. The lowest BCUT2D eigenvalue weighted by molar-refractivity contribution is 0.0101. The van der Waals surface area contributed by atoms with Crippen LogP contribution in [0.4, 0.5) is 13.2 Å². The van der Waals surface area contributed by atoms with E-state index in [4.69, 9.17) is 4.74 Å². The molecule has 1 aliphatic heterocycles. The number of morpholine rings is 1. The summed E-state index contributed by atoms with van der Waals surface area (Å²) in [7, 11) is 1.42. The predicted molar refractivity (Wildman–Crippen MR) is 65.9 cm³/mol. The zero-order valence-electron chi connectivity index (χ0n) is 11.0. The van der Waals surface area contributed by atoms with Gasteiger partial charge in [0.1, 0.15) is 23.0 Å². The summed E-state index contributed by atoms with van der Waals surface area (Å²) < 4.78 is 45.3. The van der Waals surface area contributed by atoms with E-state index in [0.29, 0.717) is 25.3 Å². The number of ether oxygens (including phenoxy) is 1. The Morgan fingerprint density at radius 3 is 2.60 bits per heavy atom. The largest absolute Gasteiger partial charge is 0.374 e. The lowest BCUT2D eigenvalue weighted by Gasteiger charge is -2.28. The molecule has 0 bridgehead atoms. The van der Waals surface area contributed by atoms with Gasteiger partial charge in [0.05, 0.1) is 12.7 Å². The molecule has 0 aromatic heterocycles. The van der Waals surface area contributed by atoms with E-state index in [1.807, 2.05) is 0 Å². The molecule has 1 amide bonds. The summed E-state index contributed by atoms with van der Waals surface area (Å²) in [6, 6.07) is 0.978. The zero-order valence-corrected chi connectivity index (χ0v) is 11.0. The summed E-state index contributed by atoms with van der Waals surface area (Å²) in [4.78, 5) is 13.2. The molecule has 1 N–H and O–H groups in total. The van der Waals surface area contributed by atoms with Gasteiger partial charge in [-0.2, -0.15) is 0 Å². The Bertz CT molecular complexity index is 481. The van der Waals surface area contributed by atoms with Crippen molar-refractivity contribution in [2.45, 2.75) is 6.10 Å². The van der Waals surface area contributed by atoms with Crippen LogP contribution in [0.3, 0.4) is 0 Å². The van der Waals surface area contributed by atoms with Crippen molar-refractivity contribution in [2.24, 2.45) is 0 Å². The third-order valence-electron chi connectivity index (χ3n) is 3.05. The minimum absolute atomic E-state index is 0.197. The fourth-order valence-electron chi connectivity index (χ4n) is 2.06. The van der Waals surface area contributed by atoms with Gasteiger partial charge in [-0.05, 0) is 0 Å². The van der Waals surface area contributed by atoms with Gasteiger partial charge >= 0.3 is 0 Å². The second-order valence-electron chi connectivity index (χ2n) is 4.63. The lowest BCUT2D eigenvalue weighted by Crippen LogP contribution is -2.46. The van der Waals surface area contributed by atoms with Gasteiger partial charge in [-0.3, -0.25) is 4.79 Å². The van der Waals surface area contributed by atoms with Crippen LogP contribution in [0.5, 0.6) is 0 Å². The number of rotatable bonds is 3. The van der Waals surface area contributed by atoms with Crippen molar-refractivity contribution in [3.8, 4) is 0 Å². The van der Waals surface area contributed by atoms with Gasteiger partial charge in [0.25, 0.3) is 5.91 Å². The van der Waals surface area contributed by atoms with Gasteiger partial charge in [0, 0.05) is 38.8 Å². The molecule has 0 radical (unpaired) electrons. The van der Waals surface area contributed by atoms with Crippen LogP contribution in [-0.4, -0.2) is 50.2 Å². The topological polar surface area (TPSA) is 41.6 Å². The summed E-state index contributed by atoms with van der Waals surface area (Å²) in [5.74, 6) is -4.31. The number of hydrogen-bond donors (Lipinski definition) is 1. The summed E-state index contributed by atoms with van der Waals surface area (Å²) in [5.41, 5.74) is -0.752. The smallest absolute Gasteiger partial charge is 0.259 e. The monoisotopic (exact) mass is 288 g/mol. The van der Waals surface area contributed by atoms with Gasteiger partial charge in [0.15, 0.2) is 0 Å². The fraction of sp³-hybridized carbons (Fsp3) is 0.462. The van der Waals surface area contributed by atoms with Crippen LogP contribution < -0.4 is 5.32 Å². The van der Waals surface area contributed by atoms with E-state index in [1.165, 1.54) is 7.05 Å². The minimum Gasteiger partial charge on any atom is -0.374 e. The first-order chi connectivity index (χ1) is 9.49. The van der Waals surface area contributed by atoms with E-state index in [1.54, 1.807) is 0 Å². The molecule has 20 heavy (non-hydrogen) atoms. The Morgan fingerprint density at radius 1 is 1.40 bits per heavy atom. The quantitative estimate of drug-likeness (QED) is 0.907. The van der Waals surface area contributed by atoms with Crippen LogP contribution in [0.2, 0.25) is 0 Å². The molecular weight excluding hydrogens is 273 g/mol. The van der Waals surface area contributed by atoms with E-state index in [2.05, 4.69) is 5.32 Å². The van der Waals surface area contributed by atoms with Gasteiger partial charge in [-0.25, -0.2) is 13.2 Å². The number of amides is 1. The Balaban J connectivity index is 2.10. The summed E-state index contributed by atoms with van der Waals surface area (Å²) in [6.45, 7) is 2.01. The Morgan fingerprint density at radius 2 is 2.05 bits per heavy atom. The highest BCUT2D eigenvalue weighted by molar-refractivity contribution is 5.94. The molecular formula is C13H15F3N2O2. The summed E-state index contributed by atoms with van der Waals surface area (Å²) in [6.07, 6.45) is -0.232. The number of carbonyl (C=O) groups excluding carboxylic acids is 1. The number of nitrogens with one attached hydrogen (secondary N) is 1. The number of likely N-dealkylation sites (N-methyl/N-ethyl adjacent to an activating group) is 1. The Hall–Kier alpha value is -1.60. The van der Waals surface area contributed by atoms with Crippen molar-refractivity contribution in [3.05, 3.63) is 35.1 Å². The number of nitrogens with zero attached hydrogens (tertiary/aromatic N) is 1. The molecule has 1 unspecified atom stereocenters. The second kappa shape index (κ2) is 6.23. The van der Waals surface area contributed by atoms with Gasteiger partial charge in [-0.15, -0.1) is 0 Å². The zero-order chi connectivity index (χ0) is 14.7. The molecule has 7 heteroatoms. The molecule has 0 saturated carbocycles. The predicted octanol–water partition coefficient (Wildman–Crippen LogP) is 1.16. The van der Waals surface area contributed by atoms with Crippen molar-refractivity contribution in [1.82, 2.24) is 10.2 Å². The fourth-order valence-corrected chi connectivity index (χ4v) is 2.06. The first kappa shape index (κ1) is 14.8. The van der Waals surface area contributed by atoms with Gasteiger partial charge in [0.2, 0.25) is 0 Å². The van der Waals surface area contributed by atoms with Crippen molar-refractivity contribution < 1.29 is 22.7 Å². The normalized spacial score (nSPS) is 18.9. The van der Waals surface area contributed by atoms with Crippen molar-refractivity contribution in [1.29, 1.82) is 0 Å². The molecule has 0 spiro atoms. The average Bonchev–Trinajstić information content (AvgIpc) is 2.38. The number of benzene rings is 1. The van der Waals surface area contributed by atoms with E-state index in [-0.39, 0.29) is 12.6 Å². The standard InChI is InChI=1S/C13H15F3N2O2/c1-18(7-9-6-17-2-3-20-9)13(19)12-10(15)4-8(14)5-11(12)16/h4-5,9,17H,2-3,6-7H2,1H3. The molecule has 1 fully saturated rings. The molecule has 2 rings (SSSR count). The van der Waals surface area contributed by atoms with E-state index >= 15 is 0 Å². The minimum atomic E-state index is -1.21. The molecule has 1 saturated heterocycles. The van der Waals surface area contributed by atoms with Crippen LogP contribution in [0.15, 0.2) is 12.1 Å². The van der Waals surface area contributed by atoms with Crippen molar-refractivity contribution in [2.75, 3.05) is 33.3 Å². The third-order valence-corrected chi connectivity index (χ3v) is 3.05. The van der Waals surface area contributed by atoms with Gasteiger partial charge < -0.3 is 15.0 Å². The lowest BCUT2D eigenvalue weighted by atomic mass is 10.1. The first-order valence-electron chi connectivity index (χ1n) is 6.21. The van der Waals surface area contributed by atoms with Crippen LogP contribution in [0.1, 0.15) is 10.4 Å².